The molecule has 1 N–H and O–H groups in total. The summed E-state index contributed by atoms with van der Waals surface area (Å²) in [4.78, 5) is 0. The van der Waals surface area contributed by atoms with Crippen LogP contribution in [0.4, 0.5) is 0 Å². The number of furan rings is 1. The first-order chi connectivity index (χ1) is 6.71. The van der Waals surface area contributed by atoms with Gasteiger partial charge in [0.25, 0.3) is 0 Å². The van der Waals surface area contributed by atoms with Crippen LogP contribution < -0.4 is 5.38 Å². The molecule has 2 nitrogen and oxygen atoms in total. The van der Waals surface area contributed by atoms with E-state index in [2.05, 4.69) is 33.9 Å². The third-order valence-electron chi connectivity index (χ3n) is 3.70. The van der Waals surface area contributed by atoms with Crippen molar-refractivity contribution in [1.82, 2.24) is 0 Å². The Labute approximate surface area is 93.3 Å². The molecule has 0 atom stereocenters. The summed E-state index contributed by atoms with van der Waals surface area (Å²) in [6.07, 6.45) is 1.77. The third kappa shape index (κ3) is 2.04. The molecule has 1 rings (SSSR count). The lowest BCUT2D eigenvalue weighted by molar-refractivity contribution is 0.281. The first kappa shape index (κ1) is 12.5. The molecule has 1 aromatic rings. The lowest BCUT2D eigenvalue weighted by atomic mass is 10.2. The largest absolute Gasteiger partial charge is 0.474 e. The van der Waals surface area contributed by atoms with Gasteiger partial charge in [-0.25, -0.2) is 0 Å². The fraction of sp³-hybridized carbons (Fsp3) is 0.667. The number of aliphatic hydroxyl groups is 1. The average Bonchev–Trinajstić information content (AvgIpc) is 2.44. The van der Waals surface area contributed by atoms with E-state index < -0.39 is 8.07 Å². The molecular weight excluding hydrogens is 204 g/mol. The maximum absolute atomic E-state index is 9.38. The molecule has 0 aliphatic heterocycles. The van der Waals surface area contributed by atoms with Gasteiger partial charge in [0.1, 0.15) is 8.07 Å². The number of aliphatic hydroxyl groups excluding tert-OH is 1. The first-order valence-corrected chi connectivity index (χ1v) is 8.40. The van der Waals surface area contributed by atoms with Crippen molar-refractivity contribution in [2.45, 2.75) is 52.4 Å². The van der Waals surface area contributed by atoms with Gasteiger partial charge < -0.3 is 9.52 Å². The van der Waals surface area contributed by atoms with Gasteiger partial charge in [-0.15, -0.1) is 0 Å². The smallest absolute Gasteiger partial charge is 0.132 e. The van der Waals surface area contributed by atoms with E-state index in [1.165, 1.54) is 0 Å². The van der Waals surface area contributed by atoms with Gasteiger partial charge in [0.15, 0.2) is 0 Å². The molecule has 15 heavy (non-hydrogen) atoms. The van der Waals surface area contributed by atoms with E-state index in [-0.39, 0.29) is 11.6 Å². The van der Waals surface area contributed by atoms with Gasteiger partial charge in [0.2, 0.25) is 0 Å². The zero-order valence-corrected chi connectivity index (χ0v) is 11.6. The highest BCUT2D eigenvalue weighted by molar-refractivity contribution is 6.91. The topological polar surface area (TPSA) is 33.4 Å². The Hall–Kier alpha value is -0.543. The SMILES string of the molecule is Cc1coc([Si](C)(C)C(C)(C)C)c1CO. The van der Waals surface area contributed by atoms with Gasteiger partial charge in [0.05, 0.1) is 18.3 Å². The van der Waals surface area contributed by atoms with Gasteiger partial charge in [-0.05, 0) is 17.5 Å². The van der Waals surface area contributed by atoms with E-state index >= 15 is 0 Å². The summed E-state index contributed by atoms with van der Waals surface area (Å²) in [5.41, 5.74) is 2.07. The van der Waals surface area contributed by atoms with E-state index in [1.807, 2.05) is 6.92 Å². The normalized spacial score (nSPS) is 13.3. The molecule has 0 radical (unpaired) electrons. The molecule has 0 fully saturated rings. The van der Waals surface area contributed by atoms with Crippen molar-refractivity contribution in [2.75, 3.05) is 0 Å². The van der Waals surface area contributed by atoms with Gasteiger partial charge in [-0.3, -0.25) is 0 Å². The second-order valence-corrected chi connectivity index (χ2v) is 11.0. The zero-order chi connectivity index (χ0) is 11.9. The Morgan fingerprint density at radius 1 is 1.33 bits per heavy atom. The van der Waals surface area contributed by atoms with Crippen LogP contribution in [0.3, 0.4) is 0 Å². The van der Waals surface area contributed by atoms with E-state index in [0.717, 1.165) is 16.5 Å². The molecule has 0 spiro atoms. The van der Waals surface area contributed by atoms with Crippen LogP contribution in [-0.2, 0) is 6.61 Å². The van der Waals surface area contributed by atoms with Crippen molar-refractivity contribution >= 4 is 13.5 Å². The summed E-state index contributed by atoms with van der Waals surface area (Å²) >= 11 is 0. The molecule has 0 saturated heterocycles. The highest BCUT2D eigenvalue weighted by Gasteiger charge is 2.41. The van der Waals surface area contributed by atoms with Crippen LogP contribution in [0.1, 0.15) is 31.9 Å². The Morgan fingerprint density at radius 3 is 2.27 bits per heavy atom. The van der Waals surface area contributed by atoms with Gasteiger partial charge in [-0.2, -0.15) is 0 Å². The van der Waals surface area contributed by atoms with Crippen LogP contribution in [0.25, 0.3) is 0 Å². The molecule has 1 heterocycles. The summed E-state index contributed by atoms with van der Waals surface area (Å²) < 4.78 is 5.68. The highest BCUT2D eigenvalue weighted by Crippen LogP contribution is 2.36. The third-order valence-corrected chi connectivity index (χ3v) is 9.01. The Bertz CT molecular complexity index is 345. The van der Waals surface area contributed by atoms with Crippen molar-refractivity contribution in [1.29, 1.82) is 0 Å². The van der Waals surface area contributed by atoms with Gasteiger partial charge >= 0.3 is 0 Å². The van der Waals surface area contributed by atoms with Crippen LogP contribution in [0.2, 0.25) is 18.1 Å². The molecule has 0 bridgehead atoms. The lowest BCUT2D eigenvalue weighted by Crippen LogP contribution is -2.50. The minimum Gasteiger partial charge on any atom is -0.474 e. The molecule has 0 aliphatic carbocycles. The van der Waals surface area contributed by atoms with Gasteiger partial charge in [-0.1, -0.05) is 33.9 Å². The molecule has 1 aromatic heterocycles. The molecule has 0 aliphatic rings. The molecule has 0 unspecified atom stereocenters. The second kappa shape index (κ2) is 3.80. The summed E-state index contributed by atoms with van der Waals surface area (Å²) in [7, 11) is -1.65. The molecule has 0 saturated carbocycles. The van der Waals surface area contributed by atoms with Crippen LogP contribution in [0.15, 0.2) is 10.7 Å². The molecular formula is C12H22O2Si. The van der Waals surface area contributed by atoms with E-state index in [0.29, 0.717) is 0 Å². The quantitative estimate of drug-likeness (QED) is 0.787. The monoisotopic (exact) mass is 226 g/mol. The lowest BCUT2D eigenvalue weighted by Gasteiger charge is -2.35. The van der Waals surface area contributed by atoms with Crippen LogP contribution in [0, 0.1) is 6.92 Å². The summed E-state index contributed by atoms with van der Waals surface area (Å²) in [5, 5.41) is 10.7. The van der Waals surface area contributed by atoms with Gasteiger partial charge in [0, 0.05) is 5.56 Å². The number of hydrogen-bond donors (Lipinski definition) is 1. The van der Waals surface area contributed by atoms with Crippen LogP contribution in [0.5, 0.6) is 0 Å². The standard InChI is InChI=1S/C12H22O2Si/c1-9-8-14-11(10(9)7-13)15(5,6)12(2,3)4/h8,13H,7H2,1-6H3. The van der Waals surface area contributed by atoms with Crippen LogP contribution >= 0.6 is 0 Å². The van der Waals surface area contributed by atoms with E-state index in [9.17, 15) is 5.11 Å². The van der Waals surface area contributed by atoms with Crippen molar-refractivity contribution in [3.8, 4) is 0 Å². The maximum atomic E-state index is 9.38. The van der Waals surface area contributed by atoms with E-state index in [4.69, 9.17) is 4.42 Å². The Kier molecular flexibility index (Phi) is 3.17. The molecule has 3 heteroatoms. The zero-order valence-electron chi connectivity index (χ0n) is 10.6. The van der Waals surface area contributed by atoms with Crippen molar-refractivity contribution in [3.63, 3.8) is 0 Å². The second-order valence-electron chi connectivity index (χ2n) is 5.76. The summed E-state index contributed by atoms with van der Waals surface area (Å²) in [6.45, 7) is 13.4. The Balaban J connectivity index is 3.27. The minimum atomic E-state index is -1.65. The highest BCUT2D eigenvalue weighted by atomic mass is 28.3. The molecule has 0 amide bonds. The Morgan fingerprint density at radius 2 is 1.87 bits per heavy atom. The maximum Gasteiger partial charge on any atom is 0.132 e. The predicted molar refractivity (Wildman–Crippen MR) is 66.2 cm³/mol. The van der Waals surface area contributed by atoms with Crippen molar-refractivity contribution in [3.05, 3.63) is 17.4 Å². The fourth-order valence-corrected chi connectivity index (χ4v) is 3.60. The molecule has 86 valence electrons. The predicted octanol–water partition coefficient (Wildman–Crippen LogP) is 2.80. The van der Waals surface area contributed by atoms with E-state index in [1.54, 1.807) is 6.26 Å². The summed E-state index contributed by atoms with van der Waals surface area (Å²) in [5.74, 6) is 0. The minimum absolute atomic E-state index is 0.0875. The average molecular weight is 226 g/mol. The fourth-order valence-electron chi connectivity index (χ4n) is 1.53. The van der Waals surface area contributed by atoms with Crippen LogP contribution in [-0.4, -0.2) is 13.2 Å². The number of rotatable bonds is 2. The molecule has 0 aromatic carbocycles. The number of aryl methyl sites for hydroxylation is 1. The number of hydrogen-bond acceptors (Lipinski definition) is 2. The van der Waals surface area contributed by atoms with Crippen molar-refractivity contribution < 1.29 is 9.52 Å². The first-order valence-electron chi connectivity index (χ1n) is 5.40. The summed E-state index contributed by atoms with van der Waals surface area (Å²) in [6, 6.07) is 0. The van der Waals surface area contributed by atoms with Crippen molar-refractivity contribution in [2.24, 2.45) is 0 Å².